The summed E-state index contributed by atoms with van der Waals surface area (Å²) < 4.78 is 5.64. The van der Waals surface area contributed by atoms with E-state index >= 15 is 0 Å². The van der Waals surface area contributed by atoms with Gasteiger partial charge in [-0.2, -0.15) is 0 Å². The number of aromatic nitrogens is 2. The van der Waals surface area contributed by atoms with Gasteiger partial charge in [0.15, 0.2) is 0 Å². The van der Waals surface area contributed by atoms with E-state index in [1.807, 2.05) is 6.92 Å². The minimum absolute atomic E-state index is 0.0829. The van der Waals surface area contributed by atoms with Crippen molar-refractivity contribution in [2.24, 2.45) is 5.41 Å². The predicted molar refractivity (Wildman–Crippen MR) is 113 cm³/mol. The number of ether oxygens (including phenoxy) is 1. The molecule has 0 atom stereocenters. The van der Waals surface area contributed by atoms with E-state index in [0.29, 0.717) is 18.2 Å². The summed E-state index contributed by atoms with van der Waals surface area (Å²) in [6.07, 6.45) is 8.27. The van der Waals surface area contributed by atoms with Crippen molar-refractivity contribution < 1.29 is 9.53 Å². The largest absolute Gasteiger partial charge is 0.381 e. The summed E-state index contributed by atoms with van der Waals surface area (Å²) in [5.74, 6) is 0.613. The van der Waals surface area contributed by atoms with Gasteiger partial charge in [-0.25, -0.2) is 9.97 Å². The Hall–Kier alpha value is -1.73. The van der Waals surface area contributed by atoms with E-state index in [4.69, 9.17) is 4.74 Å². The number of rotatable bonds is 6. The van der Waals surface area contributed by atoms with Gasteiger partial charge in [-0.1, -0.05) is 6.42 Å². The first-order valence-corrected chi connectivity index (χ1v) is 11.3. The Morgan fingerprint density at radius 1 is 1.07 bits per heavy atom. The van der Waals surface area contributed by atoms with Crippen LogP contribution < -0.4 is 10.2 Å². The van der Waals surface area contributed by atoms with Gasteiger partial charge in [0.05, 0.1) is 0 Å². The molecule has 1 N–H and O–H groups in total. The van der Waals surface area contributed by atoms with Gasteiger partial charge in [0.2, 0.25) is 5.95 Å². The maximum atomic E-state index is 13.0. The highest BCUT2D eigenvalue weighted by Gasteiger charge is 2.35. The van der Waals surface area contributed by atoms with E-state index in [-0.39, 0.29) is 11.3 Å². The zero-order valence-corrected chi connectivity index (χ0v) is 17.8. The van der Waals surface area contributed by atoms with Gasteiger partial charge >= 0.3 is 0 Å². The number of anilines is 1. The molecule has 0 radical (unpaired) electrons. The molecule has 7 heteroatoms. The van der Waals surface area contributed by atoms with Crippen LogP contribution in [0.3, 0.4) is 0 Å². The Bertz CT molecular complexity index is 692. The first-order chi connectivity index (χ1) is 14.1. The van der Waals surface area contributed by atoms with Crippen molar-refractivity contribution in [2.75, 3.05) is 57.4 Å². The standard InChI is InChI=1S/C22H35N5O2/c1-18-15-19(25-21(24-18)27-11-5-6-12-27)20(28)23-16-22(7-13-29-14-8-22)17-26-9-3-2-4-10-26/h15H,2-14,16-17H2,1H3,(H,23,28). The lowest BCUT2D eigenvalue weighted by atomic mass is 9.79. The van der Waals surface area contributed by atoms with E-state index in [1.54, 1.807) is 6.07 Å². The predicted octanol–water partition coefficient (Wildman–Crippen LogP) is 2.40. The van der Waals surface area contributed by atoms with E-state index in [2.05, 4.69) is 25.1 Å². The molecule has 0 aromatic carbocycles. The number of carbonyl (C=O) groups excluding carboxylic acids is 1. The van der Waals surface area contributed by atoms with E-state index < -0.39 is 0 Å². The molecule has 3 aliphatic heterocycles. The monoisotopic (exact) mass is 401 g/mol. The van der Waals surface area contributed by atoms with Crippen LogP contribution in [0.4, 0.5) is 5.95 Å². The van der Waals surface area contributed by atoms with Crippen molar-refractivity contribution in [1.82, 2.24) is 20.2 Å². The molecule has 160 valence electrons. The second-order valence-electron chi connectivity index (χ2n) is 9.02. The highest BCUT2D eigenvalue weighted by Crippen LogP contribution is 2.32. The van der Waals surface area contributed by atoms with Crippen molar-refractivity contribution in [3.05, 3.63) is 17.5 Å². The number of carbonyl (C=O) groups is 1. The molecule has 4 heterocycles. The molecule has 0 spiro atoms. The SMILES string of the molecule is Cc1cc(C(=O)NCC2(CN3CCCCC3)CCOCC2)nc(N2CCCC2)n1. The van der Waals surface area contributed by atoms with Crippen LogP contribution in [0.5, 0.6) is 0 Å². The molecule has 29 heavy (non-hydrogen) atoms. The minimum Gasteiger partial charge on any atom is -0.381 e. The Labute approximate surface area is 174 Å². The quantitative estimate of drug-likeness (QED) is 0.789. The zero-order valence-electron chi connectivity index (χ0n) is 17.8. The number of nitrogens with zero attached hydrogens (tertiary/aromatic N) is 4. The molecule has 7 nitrogen and oxygen atoms in total. The fourth-order valence-electron chi connectivity index (χ4n) is 4.87. The minimum atomic E-state index is -0.0829. The van der Waals surface area contributed by atoms with Gasteiger partial charge in [-0.15, -0.1) is 0 Å². The number of hydrogen-bond donors (Lipinski definition) is 1. The number of nitrogens with one attached hydrogen (secondary N) is 1. The van der Waals surface area contributed by atoms with Crippen LogP contribution in [0.25, 0.3) is 0 Å². The Morgan fingerprint density at radius 3 is 2.48 bits per heavy atom. The topological polar surface area (TPSA) is 70.6 Å². The van der Waals surface area contributed by atoms with Crippen LogP contribution in [-0.2, 0) is 4.74 Å². The van der Waals surface area contributed by atoms with Crippen molar-refractivity contribution in [2.45, 2.75) is 51.9 Å². The third kappa shape index (κ3) is 5.25. The van der Waals surface area contributed by atoms with Gasteiger partial charge < -0.3 is 19.9 Å². The van der Waals surface area contributed by atoms with Crippen LogP contribution in [-0.4, -0.2) is 73.3 Å². The first kappa shape index (κ1) is 20.5. The fourth-order valence-corrected chi connectivity index (χ4v) is 4.87. The average molecular weight is 402 g/mol. The van der Waals surface area contributed by atoms with E-state index in [9.17, 15) is 4.79 Å². The van der Waals surface area contributed by atoms with Crippen molar-refractivity contribution in [3.63, 3.8) is 0 Å². The molecule has 3 fully saturated rings. The van der Waals surface area contributed by atoms with Crippen LogP contribution in [0.1, 0.15) is 61.1 Å². The molecular weight excluding hydrogens is 366 g/mol. The normalized spacial score (nSPS) is 22.6. The van der Waals surface area contributed by atoms with Crippen LogP contribution in [0.15, 0.2) is 6.07 Å². The molecule has 0 bridgehead atoms. The Morgan fingerprint density at radius 2 is 1.76 bits per heavy atom. The molecule has 1 aromatic heterocycles. The molecule has 3 saturated heterocycles. The zero-order chi connectivity index (χ0) is 20.1. The fraction of sp³-hybridized carbons (Fsp3) is 0.773. The molecule has 0 saturated carbocycles. The third-order valence-corrected chi connectivity index (χ3v) is 6.65. The molecule has 0 aliphatic carbocycles. The maximum Gasteiger partial charge on any atom is 0.270 e. The smallest absolute Gasteiger partial charge is 0.270 e. The van der Waals surface area contributed by atoms with Crippen molar-refractivity contribution in [3.8, 4) is 0 Å². The Kier molecular flexibility index (Phi) is 6.65. The van der Waals surface area contributed by atoms with Gasteiger partial charge in [-0.05, 0) is 64.6 Å². The molecule has 1 aromatic rings. The lowest BCUT2D eigenvalue weighted by molar-refractivity contribution is -0.00673. The number of likely N-dealkylation sites (tertiary alicyclic amines) is 1. The number of hydrogen-bond acceptors (Lipinski definition) is 6. The van der Waals surface area contributed by atoms with E-state index in [1.165, 1.54) is 45.2 Å². The molecular formula is C22H35N5O2. The van der Waals surface area contributed by atoms with Crippen LogP contribution >= 0.6 is 0 Å². The number of piperidine rings is 1. The molecule has 0 unspecified atom stereocenters. The summed E-state index contributed by atoms with van der Waals surface area (Å²) in [5, 5.41) is 3.21. The third-order valence-electron chi connectivity index (χ3n) is 6.65. The average Bonchev–Trinajstić information content (AvgIpc) is 3.28. The first-order valence-electron chi connectivity index (χ1n) is 11.3. The lowest BCUT2D eigenvalue weighted by Gasteiger charge is -2.42. The molecule has 1 amide bonds. The van der Waals surface area contributed by atoms with Crippen molar-refractivity contribution in [1.29, 1.82) is 0 Å². The van der Waals surface area contributed by atoms with Gasteiger partial charge in [0.25, 0.3) is 5.91 Å². The Balaban J connectivity index is 1.42. The summed E-state index contributed by atoms with van der Waals surface area (Å²) in [7, 11) is 0. The summed E-state index contributed by atoms with van der Waals surface area (Å²) in [6, 6.07) is 1.80. The van der Waals surface area contributed by atoms with E-state index in [0.717, 1.165) is 51.4 Å². The second-order valence-corrected chi connectivity index (χ2v) is 9.02. The summed E-state index contributed by atoms with van der Waals surface area (Å²) >= 11 is 0. The molecule has 4 rings (SSSR count). The summed E-state index contributed by atoms with van der Waals surface area (Å²) in [6.45, 7) is 9.57. The van der Waals surface area contributed by atoms with Gasteiger partial charge in [0, 0.05) is 50.5 Å². The van der Waals surface area contributed by atoms with Gasteiger partial charge in [-0.3, -0.25) is 4.79 Å². The van der Waals surface area contributed by atoms with Crippen LogP contribution in [0.2, 0.25) is 0 Å². The molecule has 3 aliphatic rings. The van der Waals surface area contributed by atoms with Crippen LogP contribution in [0, 0.1) is 12.3 Å². The number of amides is 1. The maximum absolute atomic E-state index is 13.0. The lowest BCUT2D eigenvalue weighted by Crippen LogP contribution is -2.49. The summed E-state index contributed by atoms with van der Waals surface area (Å²) in [4.78, 5) is 26.9. The van der Waals surface area contributed by atoms with Gasteiger partial charge in [0.1, 0.15) is 5.69 Å². The van der Waals surface area contributed by atoms with Crippen molar-refractivity contribution >= 4 is 11.9 Å². The highest BCUT2D eigenvalue weighted by molar-refractivity contribution is 5.92. The highest BCUT2D eigenvalue weighted by atomic mass is 16.5. The number of aryl methyl sites for hydroxylation is 1. The summed E-state index contributed by atoms with van der Waals surface area (Å²) in [5.41, 5.74) is 1.44. The second kappa shape index (κ2) is 9.39.